The Balaban J connectivity index is 2.39. The summed E-state index contributed by atoms with van der Waals surface area (Å²) in [5.41, 5.74) is 0. The van der Waals surface area contributed by atoms with Crippen LogP contribution in [0, 0.1) is 0 Å². The molecule has 0 N–H and O–H groups in total. The van der Waals surface area contributed by atoms with Crippen molar-refractivity contribution in [3.63, 3.8) is 0 Å². The molecule has 0 unspecified atom stereocenters. The monoisotopic (exact) mass is 200 g/mol. The van der Waals surface area contributed by atoms with E-state index in [0.29, 0.717) is 0 Å². The Hall–Kier alpha value is -0.540. The Morgan fingerprint density at radius 2 is 2.21 bits per heavy atom. The van der Waals surface area contributed by atoms with Crippen LogP contribution in [0.25, 0.3) is 0 Å². The number of unbranched alkanes of at least 4 members (excludes halogenated alkanes) is 1. The Morgan fingerprint density at radius 3 is 2.86 bits per heavy atom. The van der Waals surface area contributed by atoms with Gasteiger partial charge in [-0.3, -0.25) is 0 Å². The minimum absolute atomic E-state index is 0.0110. The van der Waals surface area contributed by atoms with E-state index in [0.717, 1.165) is 19.4 Å². The highest BCUT2D eigenvalue weighted by Crippen LogP contribution is 2.17. The van der Waals surface area contributed by atoms with Crippen LogP contribution in [0.2, 0.25) is 0 Å². The summed E-state index contributed by atoms with van der Waals surface area (Å²) >= 11 is 0. The predicted octanol–water partition coefficient (Wildman–Crippen LogP) is 2.12. The number of hydrogen-bond acceptors (Lipinski definition) is 3. The van der Waals surface area contributed by atoms with E-state index in [1.807, 2.05) is 13.0 Å². The van der Waals surface area contributed by atoms with Crippen LogP contribution in [0.5, 0.6) is 0 Å². The zero-order chi connectivity index (χ0) is 10.4. The van der Waals surface area contributed by atoms with Gasteiger partial charge in [0.25, 0.3) is 0 Å². The standard InChI is InChI=1S/C11H20O3/c1-4-5-7-14-10-6-8-13-9(2)11(10)12-3/h6,8-11H,4-5,7H2,1-3H3/t9-,10-,11-/m1/s1. The van der Waals surface area contributed by atoms with Crippen LogP contribution in [-0.2, 0) is 14.2 Å². The third-order valence-electron chi connectivity index (χ3n) is 2.43. The summed E-state index contributed by atoms with van der Waals surface area (Å²) < 4.78 is 16.4. The topological polar surface area (TPSA) is 27.7 Å². The summed E-state index contributed by atoms with van der Waals surface area (Å²) in [6, 6.07) is 0. The molecule has 3 heteroatoms. The number of methoxy groups -OCH3 is 1. The lowest BCUT2D eigenvalue weighted by Gasteiger charge is -2.31. The van der Waals surface area contributed by atoms with Gasteiger partial charge in [-0.05, 0) is 19.4 Å². The van der Waals surface area contributed by atoms with E-state index in [2.05, 4.69) is 6.92 Å². The normalized spacial score (nSPS) is 31.5. The van der Waals surface area contributed by atoms with Gasteiger partial charge in [0.2, 0.25) is 0 Å². The Kier molecular flexibility index (Phi) is 4.98. The van der Waals surface area contributed by atoms with Crippen LogP contribution < -0.4 is 0 Å². The average Bonchev–Trinajstić information content (AvgIpc) is 2.18. The molecule has 0 spiro atoms. The van der Waals surface area contributed by atoms with Crippen LogP contribution in [-0.4, -0.2) is 32.0 Å². The molecule has 1 aliphatic heterocycles. The molecule has 1 rings (SSSR count). The molecule has 0 saturated carbocycles. The van der Waals surface area contributed by atoms with Crippen molar-refractivity contribution >= 4 is 0 Å². The van der Waals surface area contributed by atoms with Crippen molar-refractivity contribution in [1.29, 1.82) is 0 Å². The number of rotatable bonds is 5. The first-order valence-corrected chi connectivity index (χ1v) is 5.26. The molecular weight excluding hydrogens is 180 g/mol. The van der Waals surface area contributed by atoms with Crippen molar-refractivity contribution in [2.24, 2.45) is 0 Å². The largest absolute Gasteiger partial charge is 0.496 e. The van der Waals surface area contributed by atoms with Gasteiger partial charge < -0.3 is 14.2 Å². The molecule has 0 saturated heterocycles. The van der Waals surface area contributed by atoms with Crippen LogP contribution >= 0.6 is 0 Å². The lowest BCUT2D eigenvalue weighted by Crippen LogP contribution is -2.41. The second-order valence-corrected chi connectivity index (χ2v) is 3.56. The maximum Gasteiger partial charge on any atom is 0.124 e. The average molecular weight is 200 g/mol. The maximum absolute atomic E-state index is 5.71. The van der Waals surface area contributed by atoms with Gasteiger partial charge in [-0.15, -0.1) is 0 Å². The molecule has 0 amide bonds. The van der Waals surface area contributed by atoms with Crippen LogP contribution in [0.15, 0.2) is 12.3 Å². The molecular formula is C11H20O3. The van der Waals surface area contributed by atoms with E-state index < -0.39 is 0 Å². The van der Waals surface area contributed by atoms with Crippen LogP contribution in [0.1, 0.15) is 26.7 Å². The summed E-state index contributed by atoms with van der Waals surface area (Å²) in [7, 11) is 1.69. The molecule has 82 valence electrons. The Morgan fingerprint density at radius 1 is 1.43 bits per heavy atom. The third-order valence-corrected chi connectivity index (χ3v) is 2.43. The fourth-order valence-electron chi connectivity index (χ4n) is 1.54. The molecule has 0 fully saturated rings. The van der Waals surface area contributed by atoms with E-state index in [9.17, 15) is 0 Å². The van der Waals surface area contributed by atoms with E-state index in [4.69, 9.17) is 14.2 Å². The predicted molar refractivity (Wildman–Crippen MR) is 55.1 cm³/mol. The fourth-order valence-corrected chi connectivity index (χ4v) is 1.54. The lowest BCUT2D eigenvalue weighted by atomic mass is 10.1. The number of ether oxygens (including phenoxy) is 3. The zero-order valence-corrected chi connectivity index (χ0v) is 9.23. The Labute approximate surface area is 86.0 Å². The first-order valence-electron chi connectivity index (χ1n) is 5.26. The molecule has 0 aliphatic carbocycles. The van der Waals surface area contributed by atoms with Gasteiger partial charge >= 0.3 is 0 Å². The van der Waals surface area contributed by atoms with Crippen molar-refractivity contribution in [2.45, 2.75) is 45.0 Å². The van der Waals surface area contributed by atoms with Crippen molar-refractivity contribution < 1.29 is 14.2 Å². The first-order chi connectivity index (χ1) is 6.79. The molecule has 1 aliphatic rings. The molecule has 0 bridgehead atoms. The quantitative estimate of drug-likeness (QED) is 0.636. The van der Waals surface area contributed by atoms with Gasteiger partial charge in [0.1, 0.15) is 18.3 Å². The van der Waals surface area contributed by atoms with Gasteiger partial charge in [0, 0.05) is 13.7 Å². The van der Waals surface area contributed by atoms with E-state index >= 15 is 0 Å². The second-order valence-electron chi connectivity index (χ2n) is 3.56. The lowest BCUT2D eigenvalue weighted by molar-refractivity contribution is -0.100. The smallest absolute Gasteiger partial charge is 0.124 e. The van der Waals surface area contributed by atoms with Crippen molar-refractivity contribution in [3.8, 4) is 0 Å². The van der Waals surface area contributed by atoms with Gasteiger partial charge in [-0.1, -0.05) is 13.3 Å². The molecule has 0 radical (unpaired) electrons. The Bertz CT molecular complexity index is 179. The minimum atomic E-state index is 0.0110. The maximum atomic E-state index is 5.71. The zero-order valence-electron chi connectivity index (χ0n) is 9.23. The van der Waals surface area contributed by atoms with Crippen molar-refractivity contribution in [1.82, 2.24) is 0 Å². The van der Waals surface area contributed by atoms with Gasteiger partial charge in [0.05, 0.1) is 6.26 Å². The highest BCUT2D eigenvalue weighted by molar-refractivity contribution is 4.97. The summed E-state index contributed by atoms with van der Waals surface area (Å²) in [6.45, 7) is 4.94. The highest BCUT2D eigenvalue weighted by atomic mass is 16.6. The summed E-state index contributed by atoms with van der Waals surface area (Å²) in [4.78, 5) is 0. The molecule has 0 aromatic heterocycles. The molecule has 14 heavy (non-hydrogen) atoms. The van der Waals surface area contributed by atoms with Gasteiger partial charge in [-0.25, -0.2) is 0 Å². The summed E-state index contributed by atoms with van der Waals surface area (Å²) in [5.74, 6) is 0. The minimum Gasteiger partial charge on any atom is -0.496 e. The van der Waals surface area contributed by atoms with E-state index in [1.165, 1.54) is 0 Å². The molecule has 0 aromatic carbocycles. The van der Waals surface area contributed by atoms with Gasteiger partial charge in [-0.2, -0.15) is 0 Å². The van der Waals surface area contributed by atoms with Crippen LogP contribution in [0.4, 0.5) is 0 Å². The van der Waals surface area contributed by atoms with E-state index in [-0.39, 0.29) is 18.3 Å². The number of hydrogen-bond donors (Lipinski definition) is 0. The summed E-state index contributed by atoms with van der Waals surface area (Å²) in [6.07, 6.45) is 5.99. The fraction of sp³-hybridized carbons (Fsp3) is 0.818. The van der Waals surface area contributed by atoms with Crippen LogP contribution in [0.3, 0.4) is 0 Å². The van der Waals surface area contributed by atoms with Crippen molar-refractivity contribution in [2.75, 3.05) is 13.7 Å². The molecule has 1 heterocycles. The van der Waals surface area contributed by atoms with Crippen molar-refractivity contribution in [3.05, 3.63) is 12.3 Å². The first kappa shape index (κ1) is 11.5. The third kappa shape index (κ3) is 3.00. The molecule has 3 atom stereocenters. The summed E-state index contributed by atoms with van der Waals surface area (Å²) in [5, 5.41) is 0. The van der Waals surface area contributed by atoms with E-state index in [1.54, 1.807) is 13.4 Å². The SMILES string of the molecule is CCCCO[C@@H]1C=CO[C@H](C)[C@H]1OC. The van der Waals surface area contributed by atoms with Gasteiger partial charge in [0.15, 0.2) is 0 Å². The highest BCUT2D eigenvalue weighted by Gasteiger charge is 2.29. The molecule has 3 nitrogen and oxygen atoms in total. The molecule has 0 aromatic rings. The second kappa shape index (κ2) is 6.04.